The summed E-state index contributed by atoms with van der Waals surface area (Å²) in [5.41, 5.74) is 5.64. The molecule has 5 heteroatoms. The number of aliphatic carboxylic acids is 1. The van der Waals surface area contributed by atoms with Crippen molar-refractivity contribution < 1.29 is 14.7 Å². The number of nitrogens with two attached hydrogens (primary N) is 1. The quantitative estimate of drug-likeness (QED) is 0.597. The van der Waals surface area contributed by atoms with Gasteiger partial charge in [0.2, 0.25) is 5.91 Å². The topological polar surface area (TPSA) is 92.4 Å². The van der Waals surface area contributed by atoms with Gasteiger partial charge >= 0.3 is 5.97 Å². The van der Waals surface area contributed by atoms with E-state index in [4.69, 9.17) is 10.8 Å². The fraction of sp³-hybridized carbons (Fsp3) is 0.800. The molecule has 0 saturated carbocycles. The molecule has 5 nitrogen and oxygen atoms in total. The first-order valence-electron chi connectivity index (χ1n) is 5.12. The van der Waals surface area contributed by atoms with Crippen LogP contribution in [-0.2, 0) is 9.59 Å². The summed E-state index contributed by atoms with van der Waals surface area (Å²) in [6.07, 6.45) is 0.476. The van der Waals surface area contributed by atoms with Gasteiger partial charge in [0, 0.05) is 12.5 Å². The van der Waals surface area contributed by atoms with Crippen LogP contribution in [0.1, 0.15) is 33.6 Å². The highest BCUT2D eigenvalue weighted by Crippen LogP contribution is 2.01. The first kappa shape index (κ1) is 13.9. The average molecular weight is 216 g/mol. The van der Waals surface area contributed by atoms with E-state index in [0.29, 0.717) is 6.42 Å². The van der Waals surface area contributed by atoms with Crippen molar-refractivity contribution in [3.05, 3.63) is 0 Å². The van der Waals surface area contributed by atoms with Gasteiger partial charge in [-0.3, -0.25) is 9.59 Å². The molecule has 0 aliphatic rings. The first-order chi connectivity index (χ1) is 6.84. The molecule has 2 atom stereocenters. The Morgan fingerprint density at radius 2 is 1.87 bits per heavy atom. The molecule has 0 aromatic heterocycles. The summed E-state index contributed by atoms with van der Waals surface area (Å²) in [7, 11) is 0. The Bertz CT molecular complexity index is 229. The lowest BCUT2D eigenvalue weighted by Crippen LogP contribution is -2.47. The minimum absolute atomic E-state index is 0.0539. The van der Waals surface area contributed by atoms with Crippen molar-refractivity contribution in [2.45, 2.75) is 45.7 Å². The Hall–Kier alpha value is -1.10. The van der Waals surface area contributed by atoms with Gasteiger partial charge in [-0.25, -0.2) is 0 Å². The van der Waals surface area contributed by atoms with Gasteiger partial charge in [0.1, 0.15) is 0 Å². The predicted molar refractivity (Wildman–Crippen MR) is 57.3 cm³/mol. The maximum absolute atomic E-state index is 11.5. The molecule has 0 radical (unpaired) electrons. The summed E-state index contributed by atoms with van der Waals surface area (Å²) in [5.74, 6) is -0.996. The SMILES string of the molecule is CC(CCC(=O)O)NC(=O)[C@@H](N)C(C)C. The Morgan fingerprint density at radius 3 is 2.27 bits per heavy atom. The smallest absolute Gasteiger partial charge is 0.303 e. The molecule has 0 bridgehead atoms. The first-order valence-corrected chi connectivity index (χ1v) is 5.12. The van der Waals surface area contributed by atoms with Gasteiger partial charge in [0.25, 0.3) is 0 Å². The van der Waals surface area contributed by atoms with E-state index >= 15 is 0 Å². The van der Waals surface area contributed by atoms with E-state index in [-0.39, 0.29) is 24.3 Å². The van der Waals surface area contributed by atoms with E-state index in [0.717, 1.165) is 0 Å². The van der Waals surface area contributed by atoms with Crippen molar-refractivity contribution >= 4 is 11.9 Å². The van der Waals surface area contributed by atoms with E-state index in [9.17, 15) is 9.59 Å². The summed E-state index contributed by atoms with van der Waals surface area (Å²) >= 11 is 0. The van der Waals surface area contributed by atoms with Gasteiger partial charge in [-0.05, 0) is 19.3 Å². The number of hydrogen-bond donors (Lipinski definition) is 3. The maximum atomic E-state index is 11.5. The van der Waals surface area contributed by atoms with Crippen molar-refractivity contribution in [2.24, 2.45) is 11.7 Å². The van der Waals surface area contributed by atoms with Crippen LogP contribution in [0.15, 0.2) is 0 Å². The van der Waals surface area contributed by atoms with Crippen LogP contribution >= 0.6 is 0 Å². The third-order valence-corrected chi connectivity index (χ3v) is 2.20. The monoisotopic (exact) mass is 216 g/mol. The molecule has 0 aliphatic heterocycles. The van der Waals surface area contributed by atoms with Crippen molar-refractivity contribution in [1.29, 1.82) is 0 Å². The summed E-state index contributed by atoms with van der Waals surface area (Å²) in [4.78, 5) is 21.8. The van der Waals surface area contributed by atoms with Gasteiger partial charge in [0.15, 0.2) is 0 Å². The molecule has 0 saturated heterocycles. The normalized spacial score (nSPS) is 14.7. The van der Waals surface area contributed by atoms with Crippen LogP contribution in [0.5, 0.6) is 0 Å². The molecule has 1 unspecified atom stereocenters. The van der Waals surface area contributed by atoms with E-state index in [1.54, 1.807) is 6.92 Å². The standard InChI is InChI=1S/C10H20N2O3/c1-6(2)9(11)10(15)12-7(3)4-5-8(13)14/h6-7,9H,4-5,11H2,1-3H3,(H,12,15)(H,13,14)/t7?,9-/m0/s1. The number of carbonyl (C=O) groups is 2. The van der Waals surface area contributed by atoms with Crippen LogP contribution in [0.25, 0.3) is 0 Å². The molecule has 0 aliphatic carbocycles. The number of carbonyl (C=O) groups excluding carboxylic acids is 1. The molecule has 0 rings (SSSR count). The predicted octanol–water partition coefficient (Wildman–Crippen LogP) is 0.339. The van der Waals surface area contributed by atoms with E-state index < -0.39 is 12.0 Å². The third kappa shape index (κ3) is 6.06. The second-order valence-corrected chi connectivity index (χ2v) is 4.11. The zero-order valence-electron chi connectivity index (χ0n) is 9.49. The highest BCUT2D eigenvalue weighted by molar-refractivity contribution is 5.82. The summed E-state index contributed by atoms with van der Waals surface area (Å²) in [5, 5.41) is 11.1. The van der Waals surface area contributed by atoms with Gasteiger partial charge in [-0.2, -0.15) is 0 Å². The minimum Gasteiger partial charge on any atom is -0.481 e. The Morgan fingerprint density at radius 1 is 1.33 bits per heavy atom. The summed E-state index contributed by atoms with van der Waals surface area (Å²) in [6, 6.07) is -0.685. The number of carboxylic acids is 1. The van der Waals surface area contributed by atoms with Gasteiger partial charge in [0.05, 0.1) is 6.04 Å². The van der Waals surface area contributed by atoms with Gasteiger partial charge < -0.3 is 16.2 Å². The van der Waals surface area contributed by atoms with Gasteiger partial charge in [-0.1, -0.05) is 13.8 Å². The molecule has 1 amide bonds. The van der Waals surface area contributed by atoms with Crippen LogP contribution in [0.2, 0.25) is 0 Å². The van der Waals surface area contributed by atoms with Crippen LogP contribution in [0, 0.1) is 5.92 Å². The maximum Gasteiger partial charge on any atom is 0.303 e. The van der Waals surface area contributed by atoms with Gasteiger partial charge in [-0.15, -0.1) is 0 Å². The largest absolute Gasteiger partial charge is 0.481 e. The minimum atomic E-state index is -0.857. The van der Waals surface area contributed by atoms with E-state index in [1.807, 2.05) is 13.8 Å². The second kappa shape index (κ2) is 6.40. The number of hydrogen-bond acceptors (Lipinski definition) is 3. The lowest BCUT2D eigenvalue weighted by molar-refractivity contribution is -0.137. The fourth-order valence-corrected chi connectivity index (χ4v) is 1.05. The third-order valence-electron chi connectivity index (χ3n) is 2.20. The molecule has 0 aromatic carbocycles. The van der Waals surface area contributed by atoms with Crippen molar-refractivity contribution in [3.63, 3.8) is 0 Å². The molecule has 0 aromatic rings. The van der Waals surface area contributed by atoms with Crippen LogP contribution < -0.4 is 11.1 Å². The van der Waals surface area contributed by atoms with Crippen LogP contribution in [0.4, 0.5) is 0 Å². The van der Waals surface area contributed by atoms with E-state index in [1.165, 1.54) is 0 Å². The molecular formula is C10H20N2O3. The molecule has 15 heavy (non-hydrogen) atoms. The Kier molecular flexibility index (Phi) is 5.93. The fourth-order valence-electron chi connectivity index (χ4n) is 1.05. The van der Waals surface area contributed by atoms with Crippen molar-refractivity contribution in [3.8, 4) is 0 Å². The van der Waals surface area contributed by atoms with E-state index in [2.05, 4.69) is 5.32 Å². The van der Waals surface area contributed by atoms with Crippen LogP contribution in [0.3, 0.4) is 0 Å². The molecule has 88 valence electrons. The zero-order chi connectivity index (χ0) is 12.0. The summed E-state index contributed by atoms with van der Waals surface area (Å²) in [6.45, 7) is 5.51. The second-order valence-electron chi connectivity index (χ2n) is 4.11. The summed E-state index contributed by atoms with van der Waals surface area (Å²) < 4.78 is 0. The van der Waals surface area contributed by atoms with Crippen molar-refractivity contribution in [2.75, 3.05) is 0 Å². The molecule has 0 spiro atoms. The Balaban J connectivity index is 3.90. The number of amides is 1. The lowest BCUT2D eigenvalue weighted by atomic mass is 10.0. The highest BCUT2D eigenvalue weighted by atomic mass is 16.4. The molecular weight excluding hydrogens is 196 g/mol. The van der Waals surface area contributed by atoms with Crippen LogP contribution in [-0.4, -0.2) is 29.1 Å². The lowest BCUT2D eigenvalue weighted by Gasteiger charge is -2.19. The number of rotatable bonds is 6. The number of nitrogens with one attached hydrogen (secondary N) is 1. The molecule has 0 fully saturated rings. The Labute approximate surface area is 90.0 Å². The molecule has 4 N–H and O–H groups in total. The number of carboxylic acid groups (broad SMARTS) is 1. The average Bonchev–Trinajstić information content (AvgIpc) is 2.13. The zero-order valence-corrected chi connectivity index (χ0v) is 9.49. The van der Waals surface area contributed by atoms with Crippen molar-refractivity contribution in [1.82, 2.24) is 5.32 Å². The highest BCUT2D eigenvalue weighted by Gasteiger charge is 2.18. The molecule has 0 heterocycles.